The standard InChI is InChI=1S/C13H19N5/c1-10-4-5-12(8-11(10)2)9-13-15-16-17-18(13)7-3-6-14/h4-5,8H,3,6-7,9,14H2,1-2H3. The zero-order valence-corrected chi connectivity index (χ0v) is 10.9. The first kappa shape index (κ1) is 12.7. The van der Waals surface area contributed by atoms with Gasteiger partial charge in [0.2, 0.25) is 0 Å². The van der Waals surface area contributed by atoms with Gasteiger partial charge in [-0.15, -0.1) is 5.10 Å². The Bertz CT molecular complexity index is 518. The highest BCUT2D eigenvalue weighted by Gasteiger charge is 2.07. The van der Waals surface area contributed by atoms with E-state index in [9.17, 15) is 0 Å². The molecule has 1 heterocycles. The topological polar surface area (TPSA) is 69.6 Å². The Morgan fingerprint density at radius 1 is 1.22 bits per heavy atom. The van der Waals surface area contributed by atoms with Crippen LogP contribution in [0.3, 0.4) is 0 Å². The third-order valence-corrected chi connectivity index (χ3v) is 3.11. The summed E-state index contributed by atoms with van der Waals surface area (Å²) in [4.78, 5) is 0. The molecule has 1 aromatic heterocycles. The van der Waals surface area contributed by atoms with E-state index in [0.717, 1.165) is 25.2 Å². The lowest BCUT2D eigenvalue weighted by Crippen LogP contribution is -2.10. The second kappa shape index (κ2) is 5.73. The van der Waals surface area contributed by atoms with Crippen molar-refractivity contribution in [3.8, 4) is 0 Å². The third kappa shape index (κ3) is 2.92. The van der Waals surface area contributed by atoms with E-state index in [2.05, 4.69) is 47.6 Å². The summed E-state index contributed by atoms with van der Waals surface area (Å²) in [5, 5.41) is 11.8. The Morgan fingerprint density at radius 3 is 2.78 bits per heavy atom. The number of rotatable bonds is 5. The molecule has 18 heavy (non-hydrogen) atoms. The van der Waals surface area contributed by atoms with Crippen molar-refractivity contribution in [2.24, 2.45) is 5.73 Å². The minimum absolute atomic E-state index is 0.656. The van der Waals surface area contributed by atoms with Gasteiger partial charge >= 0.3 is 0 Å². The Balaban J connectivity index is 2.13. The average Bonchev–Trinajstić information content (AvgIpc) is 2.79. The monoisotopic (exact) mass is 245 g/mol. The Kier molecular flexibility index (Phi) is 4.04. The molecule has 2 N–H and O–H groups in total. The predicted molar refractivity (Wildman–Crippen MR) is 70.2 cm³/mol. The molecular weight excluding hydrogens is 226 g/mol. The van der Waals surface area contributed by atoms with E-state index in [0.29, 0.717) is 6.54 Å². The number of nitrogens with two attached hydrogens (primary N) is 1. The first-order chi connectivity index (χ1) is 8.70. The molecule has 0 aliphatic rings. The van der Waals surface area contributed by atoms with Crippen molar-refractivity contribution < 1.29 is 0 Å². The number of tetrazole rings is 1. The second-order valence-corrected chi connectivity index (χ2v) is 4.56. The molecule has 0 amide bonds. The van der Waals surface area contributed by atoms with Crippen molar-refractivity contribution in [2.75, 3.05) is 6.54 Å². The molecule has 2 aromatic rings. The molecular formula is C13H19N5. The molecule has 0 bridgehead atoms. The van der Waals surface area contributed by atoms with Crippen molar-refractivity contribution in [1.82, 2.24) is 20.2 Å². The summed E-state index contributed by atoms with van der Waals surface area (Å²) in [6, 6.07) is 6.46. The summed E-state index contributed by atoms with van der Waals surface area (Å²) in [6.07, 6.45) is 1.66. The fraction of sp³-hybridized carbons (Fsp3) is 0.462. The fourth-order valence-corrected chi connectivity index (χ4v) is 1.86. The lowest BCUT2D eigenvalue weighted by molar-refractivity contribution is 0.547. The first-order valence-corrected chi connectivity index (χ1v) is 6.22. The maximum Gasteiger partial charge on any atom is 0.155 e. The maximum absolute atomic E-state index is 5.50. The van der Waals surface area contributed by atoms with E-state index in [1.807, 2.05) is 4.68 Å². The highest BCUT2D eigenvalue weighted by Crippen LogP contribution is 2.12. The fourth-order valence-electron chi connectivity index (χ4n) is 1.86. The van der Waals surface area contributed by atoms with Crippen molar-refractivity contribution in [2.45, 2.75) is 33.2 Å². The largest absolute Gasteiger partial charge is 0.330 e. The summed E-state index contributed by atoms with van der Waals surface area (Å²) >= 11 is 0. The molecule has 0 saturated carbocycles. The van der Waals surface area contributed by atoms with Gasteiger partial charge in [-0.2, -0.15) is 0 Å². The number of nitrogens with zero attached hydrogens (tertiary/aromatic N) is 4. The second-order valence-electron chi connectivity index (χ2n) is 4.56. The smallest absolute Gasteiger partial charge is 0.155 e. The van der Waals surface area contributed by atoms with Crippen LogP contribution in [0.4, 0.5) is 0 Å². The Labute approximate surface area is 107 Å². The van der Waals surface area contributed by atoms with Gasteiger partial charge in [0.25, 0.3) is 0 Å². The summed E-state index contributed by atoms with van der Waals surface area (Å²) in [5.41, 5.74) is 9.35. The normalized spacial score (nSPS) is 10.8. The highest BCUT2D eigenvalue weighted by atomic mass is 15.5. The van der Waals surface area contributed by atoms with Gasteiger partial charge in [-0.05, 0) is 53.9 Å². The van der Waals surface area contributed by atoms with Gasteiger partial charge in [0, 0.05) is 13.0 Å². The molecule has 0 radical (unpaired) electrons. The van der Waals surface area contributed by atoms with Crippen LogP contribution in [0, 0.1) is 13.8 Å². The van der Waals surface area contributed by atoms with Crippen LogP contribution in [0.1, 0.15) is 28.9 Å². The molecule has 5 nitrogen and oxygen atoms in total. The van der Waals surface area contributed by atoms with E-state index in [-0.39, 0.29) is 0 Å². The van der Waals surface area contributed by atoms with Gasteiger partial charge in [-0.3, -0.25) is 0 Å². The molecule has 0 aliphatic heterocycles. The maximum atomic E-state index is 5.50. The lowest BCUT2D eigenvalue weighted by Gasteiger charge is -2.06. The van der Waals surface area contributed by atoms with E-state index in [4.69, 9.17) is 5.73 Å². The quantitative estimate of drug-likeness (QED) is 0.860. The van der Waals surface area contributed by atoms with Gasteiger partial charge in [0.05, 0.1) is 0 Å². The van der Waals surface area contributed by atoms with Crippen molar-refractivity contribution in [3.05, 3.63) is 40.7 Å². The highest BCUT2D eigenvalue weighted by molar-refractivity contribution is 5.31. The van der Waals surface area contributed by atoms with Crippen molar-refractivity contribution >= 4 is 0 Å². The van der Waals surface area contributed by atoms with E-state index < -0.39 is 0 Å². The molecule has 0 unspecified atom stereocenters. The molecule has 0 fully saturated rings. The molecule has 2 rings (SSSR count). The van der Waals surface area contributed by atoms with Crippen LogP contribution < -0.4 is 5.73 Å². The molecule has 0 saturated heterocycles. The van der Waals surface area contributed by atoms with Crippen LogP contribution in [0.25, 0.3) is 0 Å². The Hall–Kier alpha value is -1.75. The number of hydrogen-bond acceptors (Lipinski definition) is 4. The molecule has 96 valence electrons. The van der Waals surface area contributed by atoms with Gasteiger partial charge < -0.3 is 5.73 Å². The van der Waals surface area contributed by atoms with Gasteiger partial charge in [0.1, 0.15) is 0 Å². The summed E-state index contributed by atoms with van der Waals surface area (Å²) in [6.45, 7) is 5.67. The van der Waals surface area contributed by atoms with Crippen LogP contribution in [0.15, 0.2) is 18.2 Å². The molecule has 0 spiro atoms. The average molecular weight is 245 g/mol. The molecule has 5 heteroatoms. The number of hydrogen-bond donors (Lipinski definition) is 1. The van der Waals surface area contributed by atoms with E-state index in [1.54, 1.807) is 0 Å². The Morgan fingerprint density at radius 2 is 2.06 bits per heavy atom. The third-order valence-electron chi connectivity index (χ3n) is 3.11. The first-order valence-electron chi connectivity index (χ1n) is 6.22. The minimum Gasteiger partial charge on any atom is -0.330 e. The molecule has 0 aliphatic carbocycles. The lowest BCUT2D eigenvalue weighted by atomic mass is 10.0. The minimum atomic E-state index is 0.656. The van der Waals surface area contributed by atoms with Crippen LogP contribution in [-0.2, 0) is 13.0 Å². The van der Waals surface area contributed by atoms with Crippen molar-refractivity contribution in [1.29, 1.82) is 0 Å². The van der Waals surface area contributed by atoms with E-state index in [1.165, 1.54) is 16.7 Å². The van der Waals surface area contributed by atoms with E-state index >= 15 is 0 Å². The summed E-state index contributed by atoms with van der Waals surface area (Å²) < 4.78 is 1.84. The van der Waals surface area contributed by atoms with Crippen LogP contribution in [0.5, 0.6) is 0 Å². The number of benzene rings is 1. The summed E-state index contributed by atoms with van der Waals surface area (Å²) in [7, 11) is 0. The van der Waals surface area contributed by atoms with Gasteiger partial charge in [-0.1, -0.05) is 18.2 Å². The van der Waals surface area contributed by atoms with Crippen LogP contribution in [-0.4, -0.2) is 26.8 Å². The number of aryl methyl sites for hydroxylation is 3. The van der Waals surface area contributed by atoms with Crippen molar-refractivity contribution in [3.63, 3.8) is 0 Å². The van der Waals surface area contributed by atoms with Gasteiger partial charge in [-0.25, -0.2) is 4.68 Å². The van der Waals surface area contributed by atoms with Crippen LogP contribution in [0.2, 0.25) is 0 Å². The predicted octanol–water partition coefficient (Wildman–Crippen LogP) is 1.23. The van der Waals surface area contributed by atoms with Crippen LogP contribution >= 0.6 is 0 Å². The zero-order chi connectivity index (χ0) is 13.0. The SMILES string of the molecule is Cc1ccc(Cc2nnnn2CCCN)cc1C. The van der Waals surface area contributed by atoms with Gasteiger partial charge in [0.15, 0.2) is 5.82 Å². The number of aromatic nitrogens is 4. The molecule has 1 aromatic carbocycles. The zero-order valence-electron chi connectivity index (χ0n) is 10.9. The molecule has 0 atom stereocenters. The summed E-state index contributed by atoms with van der Waals surface area (Å²) in [5.74, 6) is 0.895.